The Balaban J connectivity index is 1.38. The lowest BCUT2D eigenvalue weighted by molar-refractivity contribution is -0.148. The van der Waals surface area contributed by atoms with Crippen molar-refractivity contribution in [3.63, 3.8) is 0 Å². The minimum Gasteiger partial charge on any atom is -0.480 e. The van der Waals surface area contributed by atoms with Crippen molar-refractivity contribution < 1.29 is 77.2 Å². The van der Waals surface area contributed by atoms with Crippen LogP contribution in [0.4, 0.5) is 10.5 Å². The van der Waals surface area contributed by atoms with Crippen molar-refractivity contribution in [3.05, 3.63) is 65.7 Å². The summed E-state index contributed by atoms with van der Waals surface area (Å²) < 4.78 is 17.7. The van der Waals surface area contributed by atoms with Gasteiger partial charge in [-0.05, 0) is 92.0 Å². The van der Waals surface area contributed by atoms with Crippen LogP contribution < -0.4 is 37.6 Å². The van der Waals surface area contributed by atoms with Crippen LogP contribution in [0.5, 0.6) is 0 Å². The number of likely N-dealkylation sites (tertiary alicyclic amines) is 2. The van der Waals surface area contributed by atoms with Gasteiger partial charge in [0.05, 0.1) is 36.6 Å². The summed E-state index contributed by atoms with van der Waals surface area (Å²) in [6.07, 6.45) is 0.549. The highest BCUT2D eigenvalue weighted by Gasteiger charge is 2.44. The topological polar surface area (TPSA) is 367 Å². The van der Waals surface area contributed by atoms with Gasteiger partial charge in [-0.15, -0.1) is 0 Å². The second-order valence-corrected chi connectivity index (χ2v) is 26.1. The number of aliphatic hydroxyl groups excluding tert-OH is 1. The molecule has 2 aliphatic rings. The molecule has 10 amide bonds. The summed E-state index contributed by atoms with van der Waals surface area (Å²) in [5, 5.41) is 36.2. The molecule has 0 aromatic heterocycles. The number of carboxylic acids is 1. The van der Waals surface area contributed by atoms with Crippen LogP contribution in [0.15, 0.2) is 54.6 Å². The molecule has 2 heterocycles. The Morgan fingerprint density at radius 3 is 1.91 bits per heavy atom. The van der Waals surface area contributed by atoms with Gasteiger partial charge in [-0.1, -0.05) is 118 Å². The zero-order chi connectivity index (χ0) is 70.8. The Labute approximate surface area is 559 Å². The number of methoxy groups -OCH3 is 2. The number of carboxylic acid groups (broad SMARTS) is 1. The zero-order valence-corrected chi connectivity index (χ0v) is 57.9. The van der Waals surface area contributed by atoms with Crippen molar-refractivity contribution in [3.8, 4) is 0 Å². The number of anilines is 1. The lowest BCUT2D eigenvalue weighted by Crippen LogP contribution is -2.60. The Kier molecular flexibility index (Phi) is 33.2. The predicted octanol–water partition coefficient (Wildman–Crippen LogP) is 4.03. The fourth-order valence-electron chi connectivity index (χ4n) is 12.3. The van der Waals surface area contributed by atoms with Crippen molar-refractivity contribution >= 4 is 70.9 Å². The number of ether oxygens (including phenoxy) is 3. The maximum absolute atomic E-state index is 14.8. The molecule has 12 atom stereocenters. The van der Waals surface area contributed by atoms with Crippen molar-refractivity contribution in [2.24, 2.45) is 35.3 Å². The Morgan fingerprint density at radius 2 is 1.34 bits per heavy atom. The third kappa shape index (κ3) is 24.2. The van der Waals surface area contributed by atoms with Crippen LogP contribution in [0.1, 0.15) is 150 Å². The second-order valence-electron chi connectivity index (χ2n) is 26.1. The molecule has 2 fully saturated rings. The van der Waals surface area contributed by atoms with E-state index in [4.69, 9.17) is 19.9 Å². The number of unbranched alkanes of at least 4 members (excludes halogenated alkanes) is 2. The molecule has 0 spiro atoms. The molecule has 0 radical (unpaired) electrons. The third-order valence-corrected chi connectivity index (χ3v) is 17.9. The molecule has 95 heavy (non-hydrogen) atoms. The minimum absolute atomic E-state index is 0.0768. The largest absolute Gasteiger partial charge is 0.480 e. The van der Waals surface area contributed by atoms with Gasteiger partial charge < -0.3 is 60.8 Å². The van der Waals surface area contributed by atoms with Gasteiger partial charge >= 0.3 is 12.1 Å². The van der Waals surface area contributed by atoms with E-state index in [1.165, 1.54) is 36.0 Å². The zero-order valence-electron chi connectivity index (χ0n) is 57.9. The van der Waals surface area contributed by atoms with Gasteiger partial charge in [-0.2, -0.15) is 0 Å². The number of amides is 10. The number of hydrogen-bond donors (Lipinski definition) is 9. The molecule has 4 rings (SSSR count). The number of imide groups is 1. The maximum Gasteiger partial charge on any atom is 0.410 e. The van der Waals surface area contributed by atoms with E-state index < -0.39 is 120 Å². The first kappa shape index (κ1) is 79.8. The number of carbonyl (C=O) groups excluding carboxylic acids is 10. The average molecular weight is 1330 g/mol. The van der Waals surface area contributed by atoms with E-state index in [1.807, 2.05) is 19.9 Å². The quantitative estimate of drug-likeness (QED) is 0.0258. The van der Waals surface area contributed by atoms with Crippen LogP contribution in [0.3, 0.4) is 0 Å². The monoisotopic (exact) mass is 1330 g/mol. The van der Waals surface area contributed by atoms with E-state index >= 15 is 0 Å². The molecule has 27 nitrogen and oxygen atoms in total. The molecule has 27 heteroatoms. The third-order valence-electron chi connectivity index (χ3n) is 17.9. The highest BCUT2D eigenvalue weighted by Crippen LogP contribution is 2.30. The molecule has 2 aliphatic heterocycles. The standard InChI is InChI=1S/C68H107N11O16/c1-14-43(8)59(51(93-12)38-55(83)78-36-22-26-50(78)60(94-13)44(9)61(84)73-49(66(89)90)37-45-23-17-15-18-24-45)76(10)65(88)57(41(4)5)75-64(87)58(42(6)7)77(11)68(92)95-39-46-28-30-47(31-29-46)71-62(85)48(25-21-34-70-67(69)91)72-63(86)56(40(2)3)74-52(80)27-19-16-20-35-79-53(81)32-33-54(79)82/h15,17-18,23-24,28-31,40-44,48-51,56-60,67,70,91H,14,16,19-22,25-27,32-39,69H2,1-13H3,(H,71,85)(H,72,86)(H,73,84)(H,74,80)(H,75,87)(H,89,90)/t43-,44+,48-,49-,50-,51+,56-,57-,58-,59-,60+,67?/m0/s1. The molecule has 1 unspecified atom stereocenters. The number of nitrogens with one attached hydrogen (secondary N) is 6. The number of rotatable bonds is 40. The molecular weight excluding hydrogens is 1230 g/mol. The van der Waals surface area contributed by atoms with Gasteiger partial charge in [0.2, 0.25) is 53.2 Å². The smallest absolute Gasteiger partial charge is 0.410 e. The number of nitrogens with zero attached hydrogens (tertiary/aromatic N) is 4. The first-order valence-corrected chi connectivity index (χ1v) is 33.3. The van der Waals surface area contributed by atoms with Crippen LogP contribution in [0.2, 0.25) is 0 Å². The Morgan fingerprint density at radius 1 is 0.705 bits per heavy atom. The van der Waals surface area contributed by atoms with Crippen molar-refractivity contribution in [1.82, 2.24) is 46.2 Å². The summed E-state index contributed by atoms with van der Waals surface area (Å²) in [6, 6.07) is 8.76. The van der Waals surface area contributed by atoms with Crippen LogP contribution in [-0.2, 0) is 75.2 Å². The molecule has 10 N–H and O–H groups in total. The minimum atomic E-state index is -1.30. The number of hydrogen-bond acceptors (Lipinski definition) is 17. The van der Waals surface area contributed by atoms with Gasteiger partial charge in [0.1, 0.15) is 36.8 Å². The van der Waals surface area contributed by atoms with Crippen molar-refractivity contribution in [2.45, 2.75) is 213 Å². The van der Waals surface area contributed by atoms with Gasteiger partial charge in [-0.25, -0.2) is 9.59 Å². The highest BCUT2D eigenvalue weighted by atomic mass is 16.6. The van der Waals surface area contributed by atoms with Gasteiger partial charge in [0, 0.05) is 72.8 Å². The predicted molar refractivity (Wildman–Crippen MR) is 355 cm³/mol. The SMILES string of the molecule is CC[C@H](C)[C@@H]([C@@H](CC(=O)N1CCC[C@H]1[C@H](OC)[C@@H](C)C(=O)N[C@@H](Cc1ccccc1)C(=O)O)OC)N(C)C(=O)[C@@H](NC(=O)[C@H](C(C)C)N(C)C(=O)OCc1ccc(NC(=O)[C@H](CCCNC(N)O)NC(=O)[C@@H](NC(=O)CCCCCN2C(=O)CCC2=O)C(C)C)cc1)C(C)C. The molecule has 0 saturated carbocycles. The average Bonchev–Trinajstić information content (AvgIpc) is 1.81. The second kappa shape index (κ2) is 39.4. The van der Waals surface area contributed by atoms with E-state index in [0.29, 0.717) is 69.3 Å². The Hall–Kier alpha value is -7.59. The van der Waals surface area contributed by atoms with Crippen LogP contribution >= 0.6 is 0 Å². The normalized spacial score (nSPS) is 17.6. The summed E-state index contributed by atoms with van der Waals surface area (Å²) in [5.74, 6) is -7.25. The first-order chi connectivity index (χ1) is 44.9. The van der Waals surface area contributed by atoms with E-state index in [9.17, 15) is 63.0 Å². The van der Waals surface area contributed by atoms with E-state index in [2.05, 4.69) is 31.9 Å². The molecular formula is C68H107N11O16. The summed E-state index contributed by atoms with van der Waals surface area (Å²) in [6.45, 7) is 16.8. The van der Waals surface area contributed by atoms with E-state index in [0.717, 1.165) is 5.56 Å². The molecule has 530 valence electrons. The summed E-state index contributed by atoms with van der Waals surface area (Å²) >= 11 is 0. The van der Waals surface area contributed by atoms with Crippen LogP contribution in [0.25, 0.3) is 0 Å². The van der Waals surface area contributed by atoms with Crippen molar-refractivity contribution in [2.75, 3.05) is 53.3 Å². The van der Waals surface area contributed by atoms with Crippen LogP contribution in [-0.4, -0.2) is 204 Å². The molecule has 2 aromatic rings. The first-order valence-electron chi connectivity index (χ1n) is 33.3. The van der Waals surface area contributed by atoms with E-state index in [1.54, 1.807) is 109 Å². The number of aliphatic hydroxyl groups is 1. The van der Waals surface area contributed by atoms with Gasteiger partial charge in [0.25, 0.3) is 0 Å². The summed E-state index contributed by atoms with van der Waals surface area (Å²) in [5.41, 5.74) is 7.05. The summed E-state index contributed by atoms with van der Waals surface area (Å²) in [4.78, 5) is 154. The fraction of sp³-hybridized carbons (Fsp3) is 0.662. The number of carbonyl (C=O) groups is 11. The lowest BCUT2D eigenvalue weighted by atomic mass is 9.89. The maximum atomic E-state index is 14.8. The number of nitrogens with two attached hydrogens (primary N) is 1. The summed E-state index contributed by atoms with van der Waals surface area (Å²) in [7, 11) is 5.98. The molecule has 0 aliphatic carbocycles. The lowest BCUT2D eigenvalue weighted by Gasteiger charge is -2.41. The Bertz CT molecular complexity index is 2850. The van der Waals surface area contributed by atoms with Crippen molar-refractivity contribution in [1.29, 1.82) is 0 Å². The number of likely N-dealkylation sites (N-methyl/N-ethyl adjacent to an activating group) is 2. The highest BCUT2D eigenvalue weighted by molar-refractivity contribution is 6.02. The molecule has 2 saturated heterocycles. The molecule has 0 bridgehead atoms. The van der Waals surface area contributed by atoms with E-state index in [-0.39, 0.29) is 87.1 Å². The number of aliphatic carboxylic acids is 1. The number of benzene rings is 2. The van der Waals surface area contributed by atoms with Gasteiger partial charge in [-0.3, -0.25) is 64.0 Å². The van der Waals surface area contributed by atoms with Gasteiger partial charge in [0.15, 0.2) is 6.35 Å². The molecule has 2 aromatic carbocycles. The fourth-order valence-corrected chi connectivity index (χ4v) is 12.3. The van der Waals surface area contributed by atoms with Crippen LogP contribution in [0, 0.1) is 29.6 Å².